The van der Waals surface area contributed by atoms with Gasteiger partial charge in [-0.1, -0.05) is 118 Å². The van der Waals surface area contributed by atoms with E-state index in [2.05, 4.69) is 55.1 Å². The van der Waals surface area contributed by atoms with E-state index in [9.17, 15) is 14.4 Å². The third-order valence-electron chi connectivity index (χ3n) is 7.52. The molecule has 0 aliphatic heterocycles. The van der Waals surface area contributed by atoms with Crippen LogP contribution in [0.4, 0.5) is 0 Å². The van der Waals surface area contributed by atoms with Gasteiger partial charge < -0.3 is 30.1 Å². The van der Waals surface area contributed by atoms with Crippen LogP contribution in [-0.4, -0.2) is 75.1 Å². The molecule has 0 heterocycles. The molecule has 0 aliphatic carbocycles. The van der Waals surface area contributed by atoms with E-state index in [0.717, 1.165) is 59.2 Å². The van der Waals surface area contributed by atoms with Crippen LogP contribution in [0.5, 0.6) is 5.75 Å². The predicted octanol–water partition coefficient (Wildman–Crippen LogP) is 7.26. The predicted molar refractivity (Wildman–Crippen MR) is 185 cm³/mol. The average Bonchev–Trinajstić information content (AvgIpc) is 3.05. The smallest absolute Gasteiger partial charge is 0.336 e. The number of ether oxygens (including phenoxy) is 1. The van der Waals surface area contributed by atoms with Crippen molar-refractivity contribution in [2.75, 3.05) is 26.2 Å². The van der Waals surface area contributed by atoms with Crippen molar-refractivity contribution >= 4 is 40.1 Å². The Balaban J connectivity index is 0.000000500. The van der Waals surface area contributed by atoms with Crippen molar-refractivity contribution in [1.82, 2.24) is 4.90 Å². The number of hydrogen-bond acceptors (Lipinski definition) is 6. The number of aliphatic carboxylic acids is 3. The highest BCUT2D eigenvalue weighted by atomic mass is 35.5. The van der Waals surface area contributed by atoms with Crippen molar-refractivity contribution in [2.24, 2.45) is 0 Å². The topological polar surface area (TPSA) is 145 Å². The van der Waals surface area contributed by atoms with Crippen LogP contribution < -0.4 is 4.74 Å². The van der Waals surface area contributed by atoms with Gasteiger partial charge in [-0.3, -0.25) is 9.59 Å². The van der Waals surface area contributed by atoms with Gasteiger partial charge in [0.2, 0.25) is 0 Å². The summed E-state index contributed by atoms with van der Waals surface area (Å²) in [5.41, 5.74) is 1.49. The maximum atomic E-state index is 10.3. The van der Waals surface area contributed by atoms with Crippen LogP contribution in [-0.2, 0) is 14.4 Å². The maximum absolute atomic E-state index is 10.3. The van der Waals surface area contributed by atoms with Crippen LogP contribution in [0, 0.1) is 0 Å². The van der Waals surface area contributed by atoms with E-state index in [1.807, 2.05) is 48.5 Å². The quantitative estimate of drug-likeness (QED) is 0.0766. The zero-order valence-corrected chi connectivity index (χ0v) is 27.9. The third-order valence-corrected chi connectivity index (χ3v) is 7.93. The van der Waals surface area contributed by atoms with Crippen molar-refractivity contribution in [3.8, 4) is 5.75 Å². The first-order valence-electron chi connectivity index (χ1n) is 15.9. The maximum Gasteiger partial charge on any atom is 0.336 e. The van der Waals surface area contributed by atoms with Gasteiger partial charge in [0.15, 0.2) is 5.60 Å². The van der Waals surface area contributed by atoms with E-state index in [-0.39, 0.29) is 0 Å². The van der Waals surface area contributed by atoms with Crippen molar-refractivity contribution in [2.45, 2.75) is 64.4 Å². The Morgan fingerprint density at radius 3 is 1.64 bits per heavy atom. The first-order chi connectivity index (χ1) is 22.5. The van der Waals surface area contributed by atoms with Gasteiger partial charge in [-0.25, -0.2) is 4.79 Å². The largest absolute Gasteiger partial charge is 0.494 e. The minimum absolute atomic E-state index is 0.751. The molecule has 10 heteroatoms. The van der Waals surface area contributed by atoms with Crippen molar-refractivity contribution in [3.63, 3.8) is 0 Å². The summed E-state index contributed by atoms with van der Waals surface area (Å²) in [6.45, 7) is 8.79. The number of hydrogen-bond donors (Lipinski definition) is 4. The Bertz CT molecular complexity index is 1390. The highest BCUT2D eigenvalue weighted by Crippen LogP contribution is 2.35. The first kappa shape index (κ1) is 39.0. The molecule has 3 aromatic rings. The molecule has 0 saturated carbocycles. The molecule has 0 amide bonds. The normalized spacial score (nSPS) is 11.7. The van der Waals surface area contributed by atoms with Gasteiger partial charge in [0.25, 0.3) is 0 Å². The summed E-state index contributed by atoms with van der Waals surface area (Å²) in [7, 11) is 0. The van der Waals surface area contributed by atoms with Gasteiger partial charge >= 0.3 is 17.9 Å². The summed E-state index contributed by atoms with van der Waals surface area (Å²) >= 11 is 6.92. The molecule has 47 heavy (non-hydrogen) atoms. The lowest BCUT2D eigenvalue weighted by molar-refractivity contribution is -0.170. The molecule has 0 fully saturated rings. The molecule has 0 unspecified atom stereocenters. The summed E-state index contributed by atoms with van der Waals surface area (Å²) in [4.78, 5) is 33.0. The second-order valence-corrected chi connectivity index (χ2v) is 11.4. The van der Waals surface area contributed by atoms with E-state index >= 15 is 0 Å². The number of carboxylic acid groups (broad SMARTS) is 3. The molecule has 0 atom stereocenters. The minimum atomic E-state index is -2.74. The monoisotopic (exact) mass is 667 g/mol. The SMILES string of the molecule is CCN(CC)CCCCCCCOc1ccc(C(=C(Cl)c2ccccc2)c2ccccc2)cc1.O=C(O)CC(O)(CC(=O)O)C(=O)O. The molecule has 0 radical (unpaired) electrons. The highest BCUT2D eigenvalue weighted by molar-refractivity contribution is 6.53. The van der Waals surface area contributed by atoms with Gasteiger partial charge in [-0.05, 0) is 61.3 Å². The van der Waals surface area contributed by atoms with Crippen LogP contribution >= 0.6 is 11.6 Å². The summed E-state index contributed by atoms with van der Waals surface area (Å²) < 4.78 is 6.01. The van der Waals surface area contributed by atoms with Crippen LogP contribution in [0.15, 0.2) is 84.9 Å². The van der Waals surface area contributed by atoms with Crippen molar-refractivity contribution < 1.29 is 39.5 Å². The summed E-state index contributed by atoms with van der Waals surface area (Å²) in [6.07, 6.45) is 3.93. The fourth-order valence-corrected chi connectivity index (χ4v) is 5.23. The van der Waals surface area contributed by atoms with E-state index in [1.54, 1.807) is 0 Å². The van der Waals surface area contributed by atoms with Gasteiger partial charge in [-0.2, -0.15) is 0 Å². The third kappa shape index (κ3) is 14.0. The number of carbonyl (C=O) groups is 3. The molecular weight excluding hydrogens is 622 g/mol. The zero-order chi connectivity index (χ0) is 34.7. The van der Waals surface area contributed by atoms with Gasteiger partial charge in [0.05, 0.1) is 24.5 Å². The molecule has 0 spiro atoms. The minimum Gasteiger partial charge on any atom is -0.494 e. The molecule has 4 N–H and O–H groups in total. The second kappa shape index (κ2) is 20.8. The van der Waals surface area contributed by atoms with E-state index in [0.29, 0.717) is 0 Å². The zero-order valence-electron chi connectivity index (χ0n) is 27.1. The molecule has 0 aromatic heterocycles. The number of benzene rings is 3. The number of rotatable bonds is 19. The fourth-order valence-electron chi connectivity index (χ4n) is 4.88. The van der Waals surface area contributed by atoms with Crippen molar-refractivity contribution in [1.29, 1.82) is 0 Å². The molecule has 0 aliphatic rings. The fraction of sp³-hybridized carbons (Fsp3) is 0.378. The van der Waals surface area contributed by atoms with Crippen molar-refractivity contribution in [3.05, 3.63) is 102 Å². The van der Waals surface area contributed by atoms with Crippen LogP contribution in [0.3, 0.4) is 0 Å². The summed E-state index contributed by atoms with van der Waals surface area (Å²) in [5.74, 6) is -4.11. The Morgan fingerprint density at radius 1 is 0.681 bits per heavy atom. The molecule has 0 saturated heterocycles. The molecular formula is C37H46ClNO8. The van der Waals surface area contributed by atoms with Gasteiger partial charge in [0, 0.05) is 5.57 Å². The number of carboxylic acids is 3. The molecule has 0 bridgehead atoms. The summed E-state index contributed by atoms with van der Waals surface area (Å²) in [6, 6.07) is 28.8. The average molecular weight is 668 g/mol. The molecule has 254 valence electrons. The van der Waals surface area contributed by atoms with E-state index < -0.39 is 36.4 Å². The standard InChI is InChI=1S/C31H38ClNO.C6H8O7/c1-3-33(4-2)24-14-6-5-7-15-25-34-29-22-20-27(21-23-29)30(26-16-10-8-11-17-26)31(32)28-18-12-9-13-19-28;7-3(8)1-6(13,5(11)12)2-4(9)10/h8-13,16-23H,3-7,14-15,24-25H2,1-2H3;13H,1-2H2,(H,7,8)(H,9,10)(H,11,12). The lowest BCUT2D eigenvalue weighted by atomic mass is 9.95. The van der Waals surface area contributed by atoms with Gasteiger partial charge in [-0.15, -0.1) is 0 Å². The number of nitrogens with zero attached hydrogens (tertiary/aromatic N) is 1. The van der Waals surface area contributed by atoms with Crippen LogP contribution in [0.2, 0.25) is 0 Å². The first-order valence-corrected chi connectivity index (χ1v) is 16.2. The van der Waals surface area contributed by atoms with E-state index in [4.69, 9.17) is 36.8 Å². The molecule has 3 aromatic carbocycles. The van der Waals surface area contributed by atoms with Crippen LogP contribution in [0.25, 0.3) is 10.6 Å². The Kier molecular flexibility index (Phi) is 17.3. The summed E-state index contributed by atoms with van der Waals surface area (Å²) in [5, 5.41) is 34.6. The van der Waals surface area contributed by atoms with Crippen LogP contribution in [0.1, 0.15) is 75.5 Å². The Labute approximate surface area is 282 Å². The Morgan fingerprint density at radius 2 is 1.15 bits per heavy atom. The van der Waals surface area contributed by atoms with E-state index in [1.165, 1.54) is 32.2 Å². The van der Waals surface area contributed by atoms with Gasteiger partial charge in [0.1, 0.15) is 5.75 Å². The number of aliphatic hydroxyl groups is 1. The number of unbranched alkanes of at least 4 members (excludes halogenated alkanes) is 4. The number of halogens is 1. The highest BCUT2D eigenvalue weighted by Gasteiger charge is 2.40. The lowest BCUT2D eigenvalue weighted by Crippen LogP contribution is -2.42. The lowest BCUT2D eigenvalue weighted by Gasteiger charge is -2.18. The second-order valence-electron chi connectivity index (χ2n) is 11.1. The molecule has 3 rings (SSSR count). The Hall–Kier alpha value is -4.18. The molecule has 9 nitrogen and oxygen atoms in total.